The van der Waals surface area contributed by atoms with Crippen molar-refractivity contribution < 1.29 is 4.79 Å². The smallest absolute Gasteiger partial charge is 0.260 e. The molecular weight excluding hydrogens is 342 g/mol. The molecule has 0 spiro atoms. The molecule has 2 unspecified atom stereocenters. The molecule has 0 aromatic rings. The van der Waals surface area contributed by atoms with Gasteiger partial charge in [-0.3, -0.25) is 4.79 Å². The number of carbonyl (C=O) groups excluding carboxylic acids is 1. The van der Waals surface area contributed by atoms with Crippen LogP contribution in [-0.4, -0.2) is 34.4 Å². The van der Waals surface area contributed by atoms with Gasteiger partial charge in [-0.05, 0) is 69.6 Å². The van der Waals surface area contributed by atoms with Gasteiger partial charge in [-0.1, -0.05) is 17.7 Å². The normalized spacial score (nSPS) is 30.9. The number of hydrogen-bond acceptors (Lipinski definition) is 4. The molecule has 2 saturated carbocycles. The molecule has 1 amide bonds. The molecule has 4 rings (SSSR count). The average molecular weight is 372 g/mol. The number of hydrogen-bond donors (Lipinski definition) is 2. The summed E-state index contributed by atoms with van der Waals surface area (Å²) in [7, 11) is 0. The molecule has 1 aliphatic heterocycles. The summed E-state index contributed by atoms with van der Waals surface area (Å²) < 4.78 is 0. The fraction of sp³-hybridized carbons (Fsp3) is 0.619. The van der Waals surface area contributed by atoms with Gasteiger partial charge in [0, 0.05) is 29.5 Å². The lowest BCUT2D eigenvalue weighted by atomic mass is 9.88. The highest BCUT2D eigenvalue weighted by Gasteiger charge is 2.41. The van der Waals surface area contributed by atoms with Crippen molar-refractivity contribution in [3.8, 4) is 0 Å². The Bertz CT molecular complexity index is 689. The molecule has 1 heterocycles. The Morgan fingerprint density at radius 1 is 1.23 bits per heavy atom. The number of allylic oxidation sites excluding steroid dienone is 3. The highest BCUT2D eigenvalue weighted by atomic mass is 32.2. The van der Waals surface area contributed by atoms with Crippen LogP contribution in [0.3, 0.4) is 0 Å². The zero-order valence-electron chi connectivity index (χ0n) is 15.4. The van der Waals surface area contributed by atoms with E-state index in [2.05, 4.69) is 17.1 Å². The van der Waals surface area contributed by atoms with Crippen LogP contribution in [0.25, 0.3) is 0 Å². The first kappa shape index (κ1) is 17.9. The summed E-state index contributed by atoms with van der Waals surface area (Å²) in [5.41, 5.74) is 8.82. The van der Waals surface area contributed by atoms with Crippen LogP contribution in [0, 0.1) is 11.3 Å². The maximum absolute atomic E-state index is 13.3. The lowest BCUT2D eigenvalue weighted by Crippen LogP contribution is -2.44. The lowest BCUT2D eigenvalue weighted by Gasteiger charge is -2.36. The molecule has 2 fully saturated rings. The van der Waals surface area contributed by atoms with Crippen molar-refractivity contribution in [2.24, 2.45) is 11.7 Å². The van der Waals surface area contributed by atoms with Gasteiger partial charge in [-0.25, -0.2) is 0 Å². The number of amides is 1. The standard InChI is InChI=1S/C21H29N3OS/c22-12-15-10-18(8-9-19(15)23)24(17-6-7-17)21(25)20-11-16(13-26-20)14-4-2-1-3-5-14/h4,11-12,16-18,23H,1-3,5-10,13,22H2. The molecule has 140 valence electrons. The van der Waals surface area contributed by atoms with Crippen molar-refractivity contribution in [2.75, 3.05) is 5.75 Å². The minimum Gasteiger partial charge on any atom is -0.404 e. The van der Waals surface area contributed by atoms with Gasteiger partial charge in [0.1, 0.15) is 0 Å². The van der Waals surface area contributed by atoms with E-state index in [1.807, 2.05) is 0 Å². The Hall–Kier alpha value is -1.49. The number of nitrogens with two attached hydrogens (primary N) is 1. The van der Waals surface area contributed by atoms with Crippen LogP contribution < -0.4 is 5.73 Å². The fourth-order valence-electron chi connectivity index (χ4n) is 4.47. The van der Waals surface area contributed by atoms with Crippen molar-refractivity contribution in [3.05, 3.63) is 34.4 Å². The molecule has 0 aromatic heterocycles. The van der Waals surface area contributed by atoms with Crippen molar-refractivity contribution >= 4 is 23.4 Å². The molecule has 0 saturated heterocycles. The molecule has 0 bridgehead atoms. The quantitative estimate of drug-likeness (QED) is 0.730. The fourth-order valence-corrected chi connectivity index (χ4v) is 5.63. The second-order valence-corrected chi connectivity index (χ2v) is 9.05. The number of nitrogens with zero attached hydrogens (tertiary/aromatic N) is 1. The van der Waals surface area contributed by atoms with Gasteiger partial charge in [-0.15, -0.1) is 11.8 Å². The highest BCUT2D eigenvalue weighted by Crippen LogP contribution is 2.41. The number of carbonyl (C=O) groups is 1. The van der Waals surface area contributed by atoms with E-state index in [9.17, 15) is 4.79 Å². The second kappa shape index (κ2) is 7.63. The van der Waals surface area contributed by atoms with Crippen LogP contribution in [0.2, 0.25) is 0 Å². The number of rotatable bonds is 4. The van der Waals surface area contributed by atoms with Crippen molar-refractivity contribution in [1.29, 1.82) is 5.41 Å². The molecule has 5 heteroatoms. The maximum Gasteiger partial charge on any atom is 0.260 e. The number of thioether (sulfide) groups is 1. The Labute approximate surface area is 160 Å². The summed E-state index contributed by atoms with van der Waals surface area (Å²) in [5.74, 6) is 1.71. The number of nitrogens with one attached hydrogen (secondary N) is 1. The zero-order chi connectivity index (χ0) is 18.1. The van der Waals surface area contributed by atoms with Gasteiger partial charge in [0.25, 0.3) is 5.91 Å². The first-order valence-corrected chi connectivity index (χ1v) is 11.0. The molecule has 0 radical (unpaired) electrons. The molecule has 4 nitrogen and oxygen atoms in total. The van der Waals surface area contributed by atoms with E-state index < -0.39 is 0 Å². The topological polar surface area (TPSA) is 70.2 Å². The van der Waals surface area contributed by atoms with Gasteiger partial charge in [0.15, 0.2) is 0 Å². The average Bonchev–Trinajstić information content (AvgIpc) is 3.38. The van der Waals surface area contributed by atoms with Gasteiger partial charge in [-0.2, -0.15) is 0 Å². The van der Waals surface area contributed by atoms with Crippen LogP contribution >= 0.6 is 11.8 Å². The summed E-state index contributed by atoms with van der Waals surface area (Å²) in [6.07, 6.45) is 15.8. The second-order valence-electron chi connectivity index (χ2n) is 7.98. The van der Waals surface area contributed by atoms with Crippen LogP contribution in [0.5, 0.6) is 0 Å². The molecule has 4 aliphatic rings. The van der Waals surface area contributed by atoms with Crippen LogP contribution in [0.1, 0.15) is 57.8 Å². The summed E-state index contributed by atoms with van der Waals surface area (Å²) in [6, 6.07) is 0.599. The van der Waals surface area contributed by atoms with E-state index in [1.54, 1.807) is 23.5 Å². The minimum atomic E-state index is 0.202. The van der Waals surface area contributed by atoms with Gasteiger partial charge in [0.05, 0.1) is 4.91 Å². The zero-order valence-corrected chi connectivity index (χ0v) is 16.2. The third-order valence-corrected chi connectivity index (χ3v) is 7.27. The van der Waals surface area contributed by atoms with Gasteiger partial charge < -0.3 is 16.0 Å². The molecule has 0 aromatic carbocycles. The Kier molecular flexibility index (Phi) is 5.25. The summed E-state index contributed by atoms with van der Waals surface area (Å²) in [6.45, 7) is 0. The molecule has 2 atom stereocenters. The Morgan fingerprint density at radius 3 is 2.77 bits per heavy atom. The Balaban J connectivity index is 1.49. The molecule has 26 heavy (non-hydrogen) atoms. The lowest BCUT2D eigenvalue weighted by molar-refractivity contribution is -0.129. The minimum absolute atomic E-state index is 0.202. The predicted octanol–water partition coefficient (Wildman–Crippen LogP) is 4.14. The third kappa shape index (κ3) is 3.64. The summed E-state index contributed by atoms with van der Waals surface area (Å²) in [4.78, 5) is 16.4. The van der Waals surface area contributed by atoms with Crippen LogP contribution in [0.15, 0.2) is 34.4 Å². The third-order valence-electron chi connectivity index (χ3n) is 6.12. The summed E-state index contributed by atoms with van der Waals surface area (Å²) in [5, 5.41) is 8.04. The van der Waals surface area contributed by atoms with Gasteiger partial charge in [0.2, 0.25) is 0 Å². The van der Waals surface area contributed by atoms with E-state index in [-0.39, 0.29) is 11.9 Å². The first-order valence-electron chi connectivity index (χ1n) is 10.0. The predicted molar refractivity (Wildman–Crippen MR) is 108 cm³/mol. The maximum atomic E-state index is 13.3. The largest absolute Gasteiger partial charge is 0.404 e. The SMILES string of the molecule is N=C1CCC(N(C(=O)C2=CC(C3=CCCCC3)CS2)C2CC2)CC1=CN. The van der Waals surface area contributed by atoms with Gasteiger partial charge >= 0.3 is 0 Å². The monoisotopic (exact) mass is 371 g/mol. The van der Waals surface area contributed by atoms with E-state index in [0.29, 0.717) is 17.7 Å². The van der Waals surface area contributed by atoms with Crippen molar-refractivity contribution in [1.82, 2.24) is 4.90 Å². The molecular formula is C21H29N3OS. The summed E-state index contributed by atoms with van der Waals surface area (Å²) >= 11 is 1.74. The van der Waals surface area contributed by atoms with E-state index in [0.717, 1.165) is 48.3 Å². The highest BCUT2D eigenvalue weighted by molar-refractivity contribution is 8.04. The van der Waals surface area contributed by atoms with E-state index in [1.165, 1.54) is 25.7 Å². The Morgan fingerprint density at radius 2 is 2.08 bits per heavy atom. The van der Waals surface area contributed by atoms with Crippen molar-refractivity contribution in [3.63, 3.8) is 0 Å². The van der Waals surface area contributed by atoms with E-state index >= 15 is 0 Å². The van der Waals surface area contributed by atoms with Crippen LogP contribution in [-0.2, 0) is 4.79 Å². The first-order chi connectivity index (χ1) is 12.7. The van der Waals surface area contributed by atoms with Crippen LogP contribution in [0.4, 0.5) is 0 Å². The van der Waals surface area contributed by atoms with E-state index in [4.69, 9.17) is 11.1 Å². The molecule has 3 aliphatic carbocycles. The molecule has 3 N–H and O–H groups in total. The van der Waals surface area contributed by atoms with Crippen molar-refractivity contribution in [2.45, 2.75) is 69.9 Å².